The average Bonchev–Trinajstić information content (AvgIpc) is 2.99. The van der Waals surface area contributed by atoms with Crippen molar-refractivity contribution >= 4 is 35.0 Å². The monoisotopic (exact) mass is 435 g/mol. The Balaban J connectivity index is 1.43. The Morgan fingerprint density at radius 2 is 1.72 bits per heavy atom. The summed E-state index contributed by atoms with van der Waals surface area (Å²) in [5.41, 5.74) is 0.623. The predicted molar refractivity (Wildman–Crippen MR) is 113 cm³/mol. The summed E-state index contributed by atoms with van der Waals surface area (Å²) in [7, 11) is 0. The van der Waals surface area contributed by atoms with Crippen LogP contribution in [-0.2, 0) is 4.79 Å². The first-order chi connectivity index (χ1) is 14.0. The van der Waals surface area contributed by atoms with Gasteiger partial charge in [0.05, 0.1) is 11.6 Å². The van der Waals surface area contributed by atoms with Gasteiger partial charge in [-0.1, -0.05) is 23.2 Å². The lowest BCUT2D eigenvalue weighted by atomic mass is 10.2. The SMILES string of the molecule is O=C(CCCOc1ccc(Cl)cc1Cl)N1CCCN(C(=O)c2ccncc2)CC1. The van der Waals surface area contributed by atoms with Crippen LogP contribution >= 0.6 is 23.2 Å². The fourth-order valence-electron chi connectivity index (χ4n) is 3.20. The highest BCUT2D eigenvalue weighted by Gasteiger charge is 2.22. The fourth-order valence-corrected chi connectivity index (χ4v) is 3.67. The number of pyridine rings is 1. The lowest BCUT2D eigenvalue weighted by Crippen LogP contribution is -2.37. The molecule has 154 valence electrons. The van der Waals surface area contributed by atoms with E-state index >= 15 is 0 Å². The molecule has 0 unspecified atom stereocenters. The van der Waals surface area contributed by atoms with Crippen molar-refractivity contribution in [2.75, 3.05) is 32.8 Å². The maximum atomic E-state index is 12.6. The van der Waals surface area contributed by atoms with Crippen molar-refractivity contribution < 1.29 is 14.3 Å². The molecule has 0 aliphatic carbocycles. The number of nitrogens with zero attached hydrogens (tertiary/aromatic N) is 3. The van der Waals surface area contributed by atoms with E-state index in [9.17, 15) is 9.59 Å². The normalized spacial score (nSPS) is 14.4. The van der Waals surface area contributed by atoms with Crippen molar-refractivity contribution in [2.45, 2.75) is 19.3 Å². The van der Waals surface area contributed by atoms with Crippen LogP contribution in [0.15, 0.2) is 42.7 Å². The molecular formula is C21H23Cl2N3O3. The van der Waals surface area contributed by atoms with Crippen LogP contribution in [-0.4, -0.2) is 59.4 Å². The minimum absolute atomic E-state index is 0.0186. The van der Waals surface area contributed by atoms with Crippen LogP contribution in [0.5, 0.6) is 5.75 Å². The van der Waals surface area contributed by atoms with Gasteiger partial charge in [-0.15, -0.1) is 0 Å². The highest BCUT2D eigenvalue weighted by atomic mass is 35.5. The first-order valence-electron chi connectivity index (χ1n) is 9.59. The number of benzene rings is 1. The molecule has 0 saturated carbocycles. The van der Waals surface area contributed by atoms with Gasteiger partial charge < -0.3 is 14.5 Å². The van der Waals surface area contributed by atoms with Gasteiger partial charge in [0.25, 0.3) is 5.91 Å². The molecule has 2 aromatic rings. The van der Waals surface area contributed by atoms with Crippen LogP contribution < -0.4 is 4.74 Å². The number of hydrogen-bond acceptors (Lipinski definition) is 4. The summed E-state index contributed by atoms with van der Waals surface area (Å²) >= 11 is 11.9. The molecule has 0 N–H and O–H groups in total. The zero-order valence-corrected chi connectivity index (χ0v) is 17.5. The fraction of sp³-hybridized carbons (Fsp3) is 0.381. The summed E-state index contributed by atoms with van der Waals surface area (Å²) in [6.07, 6.45) is 4.97. The average molecular weight is 436 g/mol. The minimum Gasteiger partial charge on any atom is -0.492 e. The number of rotatable bonds is 6. The molecule has 1 aliphatic heterocycles. The summed E-state index contributed by atoms with van der Waals surface area (Å²) in [5, 5.41) is 1.01. The topological polar surface area (TPSA) is 62.7 Å². The molecule has 0 spiro atoms. The number of carbonyl (C=O) groups is 2. The van der Waals surface area contributed by atoms with Crippen molar-refractivity contribution in [3.05, 3.63) is 58.3 Å². The van der Waals surface area contributed by atoms with Crippen molar-refractivity contribution in [2.24, 2.45) is 0 Å². The molecule has 1 fully saturated rings. The Labute approximate surface area is 180 Å². The number of carbonyl (C=O) groups excluding carboxylic acids is 2. The zero-order chi connectivity index (χ0) is 20.6. The molecule has 0 radical (unpaired) electrons. The molecule has 2 amide bonds. The van der Waals surface area contributed by atoms with E-state index in [1.165, 1.54) is 0 Å². The molecule has 0 atom stereocenters. The lowest BCUT2D eigenvalue weighted by Gasteiger charge is -2.22. The molecule has 1 saturated heterocycles. The van der Waals surface area contributed by atoms with Crippen molar-refractivity contribution in [3.8, 4) is 5.75 Å². The third kappa shape index (κ3) is 6.08. The Kier molecular flexibility index (Phi) is 7.72. The van der Waals surface area contributed by atoms with Gasteiger partial charge in [-0.05, 0) is 43.2 Å². The van der Waals surface area contributed by atoms with Crippen LogP contribution in [0.4, 0.5) is 0 Å². The molecule has 1 aliphatic rings. The van der Waals surface area contributed by atoms with E-state index in [1.807, 2.05) is 4.90 Å². The number of hydrogen-bond donors (Lipinski definition) is 0. The van der Waals surface area contributed by atoms with E-state index in [-0.39, 0.29) is 11.8 Å². The predicted octanol–water partition coefficient (Wildman–Crippen LogP) is 3.92. The Morgan fingerprint density at radius 3 is 2.48 bits per heavy atom. The van der Waals surface area contributed by atoms with Crippen LogP contribution in [0.25, 0.3) is 0 Å². The summed E-state index contributed by atoms with van der Waals surface area (Å²) in [5.74, 6) is 0.618. The van der Waals surface area contributed by atoms with Gasteiger partial charge in [-0.3, -0.25) is 14.6 Å². The molecule has 1 aromatic carbocycles. The Bertz CT molecular complexity index is 848. The first-order valence-corrected chi connectivity index (χ1v) is 10.3. The van der Waals surface area contributed by atoms with Gasteiger partial charge in [0.2, 0.25) is 5.91 Å². The van der Waals surface area contributed by atoms with Gasteiger partial charge in [0.15, 0.2) is 0 Å². The number of aromatic nitrogens is 1. The second-order valence-electron chi connectivity index (χ2n) is 6.79. The number of ether oxygens (including phenoxy) is 1. The molecule has 3 rings (SSSR count). The zero-order valence-electron chi connectivity index (χ0n) is 16.0. The number of amides is 2. The Hall–Kier alpha value is -2.31. The third-order valence-corrected chi connectivity index (χ3v) is 5.28. The molecule has 29 heavy (non-hydrogen) atoms. The summed E-state index contributed by atoms with van der Waals surface area (Å²) in [6.45, 7) is 2.77. The summed E-state index contributed by atoms with van der Waals surface area (Å²) in [6, 6.07) is 8.48. The molecule has 0 bridgehead atoms. The van der Waals surface area contributed by atoms with Crippen LogP contribution in [0.2, 0.25) is 10.0 Å². The maximum Gasteiger partial charge on any atom is 0.254 e. The third-order valence-electron chi connectivity index (χ3n) is 4.75. The Morgan fingerprint density at radius 1 is 1.00 bits per heavy atom. The molecule has 1 aromatic heterocycles. The molecule has 2 heterocycles. The van der Waals surface area contributed by atoms with Gasteiger partial charge >= 0.3 is 0 Å². The van der Waals surface area contributed by atoms with E-state index in [4.69, 9.17) is 27.9 Å². The highest BCUT2D eigenvalue weighted by molar-refractivity contribution is 6.35. The second kappa shape index (κ2) is 10.5. The van der Waals surface area contributed by atoms with Gasteiger partial charge in [0, 0.05) is 55.6 Å². The van der Waals surface area contributed by atoms with E-state index in [1.54, 1.807) is 47.6 Å². The molecular weight excluding hydrogens is 413 g/mol. The standard InChI is InChI=1S/C21H23Cl2N3O3/c22-17-4-5-19(18(23)15-17)29-14-1-3-20(27)25-10-2-11-26(13-12-25)21(28)16-6-8-24-9-7-16/h4-9,15H,1-3,10-14H2. The van der Waals surface area contributed by atoms with Gasteiger partial charge in [-0.25, -0.2) is 0 Å². The summed E-state index contributed by atoms with van der Waals surface area (Å²) in [4.78, 5) is 32.7. The highest BCUT2D eigenvalue weighted by Crippen LogP contribution is 2.27. The van der Waals surface area contributed by atoms with E-state index in [0.29, 0.717) is 67.0 Å². The first kappa shape index (κ1) is 21.4. The lowest BCUT2D eigenvalue weighted by molar-refractivity contribution is -0.131. The molecule has 6 nitrogen and oxygen atoms in total. The minimum atomic E-state index is -0.0186. The maximum absolute atomic E-state index is 12.6. The second-order valence-corrected chi connectivity index (χ2v) is 7.63. The smallest absolute Gasteiger partial charge is 0.254 e. The van der Waals surface area contributed by atoms with Crippen molar-refractivity contribution in [3.63, 3.8) is 0 Å². The van der Waals surface area contributed by atoms with Crippen LogP contribution in [0.3, 0.4) is 0 Å². The van der Waals surface area contributed by atoms with Crippen molar-refractivity contribution in [1.82, 2.24) is 14.8 Å². The van der Waals surface area contributed by atoms with E-state index in [0.717, 1.165) is 6.42 Å². The van der Waals surface area contributed by atoms with Gasteiger partial charge in [-0.2, -0.15) is 0 Å². The van der Waals surface area contributed by atoms with Crippen LogP contribution in [0, 0.1) is 0 Å². The van der Waals surface area contributed by atoms with E-state index < -0.39 is 0 Å². The van der Waals surface area contributed by atoms with Crippen LogP contribution in [0.1, 0.15) is 29.6 Å². The number of halogens is 2. The van der Waals surface area contributed by atoms with Crippen molar-refractivity contribution in [1.29, 1.82) is 0 Å². The van der Waals surface area contributed by atoms with Gasteiger partial charge in [0.1, 0.15) is 5.75 Å². The molecule has 8 heteroatoms. The largest absolute Gasteiger partial charge is 0.492 e. The quantitative estimate of drug-likeness (QED) is 0.644. The summed E-state index contributed by atoms with van der Waals surface area (Å²) < 4.78 is 5.63. The van der Waals surface area contributed by atoms with E-state index in [2.05, 4.69) is 4.98 Å².